The van der Waals surface area contributed by atoms with Crippen LogP contribution in [0.15, 0.2) is 114 Å². The lowest BCUT2D eigenvalue weighted by Gasteiger charge is -2.11. The van der Waals surface area contributed by atoms with E-state index in [1.54, 1.807) is 0 Å². The van der Waals surface area contributed by atoms with E-state index in [2.05, 4.69) is 116 Å². The standard InChI is InChI=1S/C30H27S/c1-23-19-27-13-8-14-29(30(27)20-23)26-15-17-28(18-16-26)31(21-24-9-4-2-5-10-24)22-25-11-6-3-7-12-25/h2-18,20H,19,21-22H2,1H3/q+1. The van der Waals surface area contributed by atoms with Gasteiger partial charge in [-0.2, -0.15) is 0 Å². The predicted molar refractivity (Wildman–Crippen MR) is 135 cm³/mol. The number of hydrogen-bond acceptors (Lipinski definition) is 0. The third kappa shape index (κ3) is 4.52. The normalized spacial score (nSPS) is 12.6. The molecule has 0 N–H and O–H groups in total. The summed E-state index contributed by atoms with van der Waals surface area (Å²) in [6, 6.07) is 37.9. The Hall–Kier alpha value is -3.03. The topological polar surface area (TPSA) is 0 Å². The molecule has 4 aromatic rings. The molecule has 0 radical (unpaired) electrons. The first-order valence-electron chi connectivity index (χ1n) is 10.9. The molecule has 1 aliphatic rings. The van der Waals surface area contributed by atoms with Gasteiger partial charge in [-0.1, -0.05) is 90.5 Å². The van der Waals surface area contributed by atoms with Crippen LogP contribution in [0.2, 0.25) is 0 Å². The zero-order chi connectivity index (χ0) is 21.0. The van der Waals surface area contributed by atoms with Gasteiger partial charge in [-0.15, -0.1) is 0 Å². The monoisotopic (exact) mass is 419 g/mol. The van der Waals surface area contributed by atoms with Gasteiger partial charge in [0.1, 0.15) is 11.5 Å². The van der Waals surface area contributed by atoms with E-state index in [9.17, 15) is 0 Å². The van der Waals surface area contributed by atoms with Crippen molar-refractivity contribution in [3.05, 3.63) is 131 Å². The lowest BCUT2D eigenvalue weighted by atomic mass is 9.97. The second-order valence-electron chi connectivity index (χ2n) is 8.32. The fourth-order valence-electron chi connectivity index (χ4n) is 4.38. The lowest BCUT2D eigenvalue weighted by molar-refractivity contribution is 1.20. The number of hydrogen-bond donors (Lipinski definition) is 0. The van der Waals surface area contributed by atoms with Gasteiger partial charge in [0.15, 0.2) is 4.90 Å². The highest BCUT2D eigenvalue weighted by Crippen LogP contribution is 2.34. The summed E-state index contributed by atoms with van der Waals surface area (Å²) in [5.74, 6) is 2.16. The van der Waals surface area contributed by atoms with Crippen molar-refractivity contribution < 1.29 is 0 Å². The molecule has 0 bridgehead atoms. The van der Waals surface area contributed by atoms with Crippen LogP contribution in [0, 0.1) is 0 Å². The maximum Gasteiger partial charge on any atom is 0.155 e. The van der Waals surface area contributed by atoms with Crippen molar-refractivity contribution in [2.24, 2.45) is 0 Å². The minimum absolute atomic E-state index is 0.129. The van der Waals surface area contributed by atoms with E-state index < -0.39 is 0 Å². The Bertz CT molecular complexity index is 1150. The molecule has 0 heterocycles. The summed E-state index contributed by atoms with van der Waals surface area (Å²) < 4.78 is 0. The van der Waals surface area contributed by atoms with Crippen molar-refractivity contribution in [2.75, 3.05) is 0 Å². The molecule has 0 saturated carbocycles. The molecule has 0 amide bonds. The zero-order valence-corrected chi connectivity index (χ0v) is 18.7. The van der Waals surface area contributed by atoms with E-state index in [1.165, 1.54) is 43.8 Å². The number of fused-ring (bicyclic) bond motifs is 1. The Balaban J connectivity index is 1.46. The minimum Gasteiger partial charge on any atom is -0.0683 e. The molecular weight excluding hydrogens is 392 g/mol. The highest BCUT2D eigenvalue weighted by Gasteiger charge is 2.23. The van der Waals surface area contributed by atoms with E-state index >= 15 is 0 Å². The Morgan fingerprint density at radius 1 is 0.645 bits per heavy atom. The largest absolute Gasteiger partial charge is 0.155 e. The number of benzene rings is 4. The quantitative estimate of drug-likeness (QED) is 0.281. The zero-order valence-electron chi connectivity index (χ0n) is 17.9. The number of allylic oxidation sites excluding steroid dienone is 1. The van der Waals surface area contributed by atoms with Crippen LogP contribution in [0.1, 0.15) is 29.2 Å². The Morgan fingerprint density at radius 3 is 1.87 bits per heavy atom. The summed E-state index contributed by atoms with van der Waals surface area (Å²) in [5.41, 5.74) is 9.79. The van der Waals surface area contributed by atoms with Gasteiger partial charge in [0.05, 0.1) is 0 Å². The van der Waals surface area contributed by atoms with Crippen LogP contribution in [-0.2, 0) is 28.8 Å². The van der Waals surface area contributed by atoms with Crippen molar-refractivity contribution in [3.8, 4) is 11.1 Å². The van der Waals surface area contributed by atoms with Crippen LogP contribution >= 0.6 is 0 Å². The maximum absolute atomic E-state index is 2.36. The minimum atomic E-state index is 0.129. The van der Waals surface area contributed by atoms with Gasteiger partial charge in [0.2, 0.25) is 0 Å². The molecule has 0 aliphatic heterocycles. The van der Waals surface area contributed by atoms with E-state index in [0.717, 1.165) is 17.9 Å². The molecule has 0 aromatic heterocycles. The summed E-state index contributed by atoms with van der Waals surface area (Å²) in [5, 5.41) is 0. The molecule has 31 heavy (non-hydrogen) atoms. The molecule has 5 rings (SSSR count). The summed E-state index contributed by atoms with van der Waals surface area (Å²) in [7, 11) is 0.129. The molecule has 0 atom stereocenters. The average Bonchev–Trinajstić information content (AvgIpc) is 3.20. The molecule has 0 saturated heterocycles. The number of rotatable bonds is 6. The molecule has 0 nitrogen and oxygen atoms in total. The maximum atomic E-state index is 2.36. The fraction of sp³-hybridized carbons (Fsp3) is 0.133. The Morgan fingerprint density at radius 2 is 1.26 bits per heavy atom. The molecule has 152 valence electrons. The van der Waals surface area contributed by atoms with Crippen LogP contribution in [0.5, 0.6) is 0 Å². The fourth-order valence-corrected chi connectivity index (χ4v) is 6.53. The molecule has 0 unspecified atom stereocenters. The SMILES string of the molecule is CC1=Cc2c(cccc2-c2ccc([S+](Cc3ccccc3)Cc3ccccc3)cc2)C1. The van der Waals surface area contributed by atoms with Crippen LogP contribution < -0.4 is 0 Å². The first-order valence-corrected chi connectivity index (χ1v) is 12.5. The van der Waals surface area contributed by atoms with Crippen molar-refractivity contribution in [1.29, 1.82) is 0 Å². The molecule has 1 heteroatoms. The Labute approximate surface area is 188 Å². The highest BCUT2D eigenvalue weighted by atomic mass is 32.2. The van der Waals surface area contributed by atoms with Gasteiger partial charge in [-0.25, -0.2) is 0 Å². The predicted octanol–water partition coefficient (Wildman–Crippen LogP) is 7.69. The third-order valence-corrected chi connectivity index (χ3v) is 8.22. The van der Waals surface area contributed by atoms with Gasteiger partial charge in [0, 0.05) is 22.0 Å². The van der Waals surface area contributed by atoms with Crippen molar-refractivity contribution in [2.45, 2.75) is 29.7 Å². The lowest BCUT2D eigenvalue weighted by Crippen LogP contribution is -2.09. The second-order valence-corrected chi connectivity index (χ2v) is 10.4. The molecule has 0 spiro atoms. The van der Waals surface area contributed by atoms with Crippen LogP contribution in [0.3, 0.4) is 0 Å². The van der Waals surface area contributed by atoms with E-state index in [1.807, 2.05) is 0 Å². The second kappa shape index (κ2) is 8.99. The van der Waals surface area contributed by atoms with Crippen LogP contribution in [0.4, 0.5) is 0 Å². The van der Waals surface area contributed by atoms with Crippen molar-refractivity contribution >= 4 is 17.0 Å². The summed E-state index contributed by atoms with van der Waals surface area (Å²) in [6.07, 6.45) is 3.44. The average molecular weight is 420 g/mol. The molecular formula is C30H27S+. The van der Waals surface area contributed by atoms with Gasteiger partial charge < -0.3 is 0 Å². The first-order chi connectivity index (χ1) is 15.3. The summed E-state index contributed by atoms with van der Waals surface area (Å²) in [6.45, 7) is 2.23. The van der Waals surface area contributed by atoms with E-state index in [0.29, 0.717) is 0 Å². The summed E-state index contributed by atoms with van der Waals surface area (Å²) >= 11 is 0. The van der Waals surface area contributed by atoms with Gasteiger partial charge in [-0.05, 0) is 59.9 Å². The highest BCUT2D eigenvalue weighted by molar-refractivity contribution is 7.95. The Kier molecular flexibility index (Phi) is 5.78. The smallest absolute Gasteiger partial charge is 0.0683 e. The van der Waals surface area contributed by atoms with Gasteiger partial charge in [-0.3, -0.25) is 0 Å². The van der Waals surface area contributed by atoms with Crippen LogP contribution in [0.25, 0.3) is 17.2 Å². The van der Waals surface area contributed by atoms with Crippen molar-refractivity contribution in [1.82, 2.24) is 0 Å². The summed E-state index contributed by atoms with van der Waals surface area (Å²) in [4.78, 5) is 1.44. The molecule has 4 aromatic carbocycles. The van der Waals surface area contributed by atoms with Crippen molar-refractivity contribution in [3.63, 3.8) is 0 Å². The van der Waals surface area contributed by atoms with Crippen LogP contribution in [-0.4, -0.2) is 0 Å². The molecule has 0 fully saturated rings. The molecule has 1 aliphatic carbocycles. The first kappa shape index (κ1) is 19.9. The third-order valence-electron chi connectivity index (χ3n) is 5.92. The van der Waals surface area contributed by atoms with Gasteiger partial charge >= 0.3 is 0 Å². The van der Waals surface area contributed by atoms with Gasteiger partial charge in [0.25, 0.3) is 0 Å². The van der Waals surface area contributed by atoms with E-state index in [4.69, 9.17) is 0 Å². The van der Waals surface area contributed by atoms with E-state index in [-0.39, 0.29) is 10.9 Å².